The van der Waals surface area contributed by atoms with Gasteiger partial charge in [-0.05, 0) is 18.4 Å². The molecule has 0 radical (unpaired) electrons. The van der Waals surface area contributed by atoms with Crippen LogP contribution in [0.4, 0.5) is 5.95 Å². The van der Waals surface area contributed by atoms with E-state index in [0.29, 0.717) is 24.8 Å². The Morgan fingerprint density at radius 1 is 1.29 bits per heavy atom. The third kappa shape index (κ3) is 6.06. The zero-order valence-electron chi connectivity index (χ0n) is 10.9. The molecule has 0 fully saturated rings. The minimum Gasteiger partial charge on any atom is -0.490 e. The largest absolute Gasteiger partial charge is 0.490 e. The maximum Gasteiger partial charge on any atom is 0.222 e. The number of anilines is 1. The molecule has 5 heteroatoms. The highest BCUT2D eigenvalue weighted by atomic mass is 16.5. The summed E-state index contributed by atoms with van der Waals surface area (Å²) < 4.78 is 5.58. The maximum atomic E-state index is 5.58. The third-order valence-corrected chi connectivity index (χ3v) is 1.96. The van der Waals surface area contributed by atoms with Crippen LogP contribution in [0.5, 0.6) is 5.75 Å². The number of rotatable bonds is 6. The third-order valence-electron chi connectivity index (χ3n) is 1.96. The second-order valence-electron chi connectivity index (χ2n) is 5.16. The Morgan fingerprint density at radius 3 is 2.47 bits per heavy atom. The fourth-order valence-corrected chi connectivity index (χ4v) is 1.08. The molecule has 0 spiro atoms. The summed E-state index contributed by atoms with van der Waals surface area (Å²) in [7, 11) is 0. The van der Waals surface area contributed by atoms with Crippen LogP contribution < -0.4 is 15.8 Å². The molecule has 0 aliphatic carbocycles. The number of ether oxygens (including phenoxy) is 1. The number of nitrogens with one attached hydrogen (secondary N) is 1. The predicted molar refractivity (Wildman–Crippen MR) is 69.1 cm³/mol. The topological polar surface area (TPSA) is 73.1 Å². The molecule has 0 atom stereocenters. The van der Waals surface area contributed by atoms with Crippen molar-refractivity contribution in [2.24, 2.45) is 11.1 Å². The van der Waals surface area contributed by atoms with E-state index >= 15 is 0 Å². The van der Waals surface area contributed by atoms with Crippen molar-refractivity contribution in [2.75, 3.05) is 25.0 Å². The van der Waals surface area contributed by atoms with Crippen molar-refractivity contribution in [2.45, 2.75) is 27.2 Å². The molecule has 0 saturated carbocycles. The molecule has 0 bridgehead atoms. The molecule has 17 heavy (non-hydrogen) atoms. The number of hydrogen-bond donors (Lipinski definition) is 2. The molecule has 96 valence electrons. The standard InChI is InChI=1S/C12H22N4O/c1-12(2,3)9-17-10-7-15-11(16-8-10)14-6-4-5-13/h7-8H,4-6,9,13H2,1-3H3,(H,14,15,16). The lowest BCUT2D eigenvalue weighted by Gasteiger charge is -2.18. The average Bonchev–Trinajstić information content (AvgIpc) is 2.27. The molecular formula is C12H22N4O. The number of hydrogen-bond acceptors (Lipinski definition) is 5. The molecule has 1 heterocycles. The first-order valence-corrected chi connectivity index (χ1v) is 5.90. The van der Waals surface area contributed by atoms with Crippen molar-refractivity contribution in [1.82, 2.24) is 9.97 Å². The van der Waals surface area contributed by atoms with E-state index in [1.54, 1.807) is 12.4 Å². The van der Waals surface area contributed by atoms with Gasteiger partial charge in [0.05, 0.1) is 19.0 Å². The Hall–Kier alpha value is -1.36. The predicted octanol–water partition coefficient (Wildman–Crippen LogP) is 1.66. The van der Waals surface area contributed by atoms with Crippen LogP contribution in [0.25, 0.3) is 0 Å². The van der Waals surface area contributed by atoms with Gasteiger partial charge < -0.3 is 15.8 Å². The molecule has 5 nitrogen and oxygen atoms in total. The van der Waals surface area contributed by atoms with Crippen LogP contribution >= 0.6 is 0 Å². The fraction of sp³-hybridized carbons (Fsp3) is 0.667. The Bertz CT molecular complexity index is 318. The first-order valence-electron chi connectivity index (χ1n) is 5.90. The SMILES string of the molecule is CC(C)(C)COc1cnc(NCCCN)nc1. The van der Waals surface area contributed by atoms with Gasteiger partial charge in [-0.2, -0.15) is 0 Å². The van der Waals surface area contributed by atoms with Gasteiger partial charge in [0, 0.05) is 6.54 Å². The van der Waals surface area contributed by atoms with Gasteiger partial charge >= 0.3 is 0 Å². The summed E-state index contributed by atoms with van der Waals surface area (Å²) in [5, 5.41) is 3.09. The van der Waals surface area contributed by atoms with Gasteiger partial charge in [0.25, 0.3) is 0 Å². The summed E-state index contributed by atoms with van der Waals surface area (Å²) >= 11 is 0. The highest BCUT2D eigenvalue weighted by Crippen LogP contribution is 2.16. The van der Waals surface area contributed by atoms with Crippen LogP contribution in [-0.2, 0) is 0 Å². The highest BCUT2D eigenvalue weighted by Gasteiger charge is 2.11. The zero-order chi connectivity index (χ0) is 12.7. The Labute approximate surface area is 103 Å². The molecule has 0 aliphatic rings. The molecule has 3 N–H and O–H groups in total. The summed E-state index contributed by atoms with van der Waals surface area (Å²) in [6.45, 7) is 8.47. The lowest BCUT2D eigenvalue weighted by Crippen LogP contribution is -2.17. The van der Waals surface area contributed by atoms with Crippen molar-refractivity contribution in [1.29, 1.82) is 0 Å². The lowest BCUT2D eigenvalue weighted by atomic mass is 9.99. The summed E-state index contributed by atoms with van der Waals surface area (Å²) in [5.41, 5.74) is 5.53. The van der Waals surface area contributed by atoms with Crippen LogP contribution in [0, 0.1) is 5.41 Å². The Morgan fingerprint density at radius 2 is 1.94 bits per heavy atom. The van der Waals surface area contributed by atoms with E-state index in [0.717, 1.165) is 13.0 Å². The van der Waals surface area contributed by atoms with Crippen LogP contribution in [0.2, 0.25) is 0 Å². The van der Waals surface area contributed by atoms with Crippen LogP contribution in [0.3, 0.4) is 0 Å². The molecule has 0 saturated heterocycles. The number of nitrogens with two attached hydrogens (primary N) is 1. The smallest absolute Gasteiger partial charge is 0.222 e. The summed E-state index contributed by atoms with van der Waals surface area (Å²) in [4.78, 5) is 8.33. The van der Waals surface area contributed by atoms with Crippen molar-refractivity contribution in [3.8, 4) is 5.75 Å². The summed E-state index contributed by atoms with van der Waals surface area (Å²) in [5.74, 6) is 1.31. The minimum absolute atomic E-state index is 0.137. The number of aromatic nitrogens is 2. The minimum atomic E-state index is 0.137. The first-order chi connectivity index (χ1) is 8.01. The van der Waals surface area contributed by atoms with E-state index in [1.807, 2.05) is 0 Å². The molecule has 0 unspecified atom stereocenters. The van der Waals surface area contributed by atoms with Gasteiger partial charge in [0.2, 0.25) is 5.95 Å². The molecule has 1 rings (SSSR count). The van der Waals surface area contributed by atoms with Crippen molar-refractivity contribution in [3.63, 3.8) is 0 Å². The molecule has 0 aliphatic heterocycles. The molecule has 1 aromatic heterocycles. The fourth-order valence-electron chi connectivity index (χ4n) is 1.08. The van der Waals surface area contributed by atoms with Gasteiger partial charge in [-0.1, -0.05) is 20.8 Å². The van der Waals surface area contributed by atoms with Crippen LogP contribution in [0.1, 0.15) is 27.2 Å². The van der Waals surface area contributed by atoms with E-state index in [1.165, 1.54) is 0 Å². The average molecular weight is 238 g/mol. The van der Waals surface area contributed by atoms with Crippen molar-refractivity contribution in [3.05, 3.63) is 12.4 Å². The monoisotopic (exact) mass is 238 g/mol. The zero-order valence-corrected chi connectivity index (χ0v) is 10.9. The summed E-state index contributed by atoms with van der Waals surface area (Å²) in [6.07, 6.45) is 4.28. The van der Waals surface area contributed by atoms with Crippen LogP contribution in [-0.4, -0.2) is 29.7 Å². The molecule has 1 aromatic rings. The Kier molecular flexibility index (Phi) is 5.15. The van der Waals surface area contributed by atoms with Gasteiger partial charge in [-0.15, -0.1) is 0 Å². The second-order valence-corrected chi connectivity index (χ2v) is 5.16. The quantitative estimate of drug-likeness (QED) is 0.737. The van der Waals surface area contributed by atoms with Gasteiger partial charge in [0.15, 0.2) is 5.75 Å². The van der Waals surface area contributed by atoms with E-state index in [9.17, 15) is 0 Å². The van der Waals surface area contributed by atoms with Crippen molar-refractivity contribution >= 4 is 5.95 Å². The highest BCUT2D eigenvalue weighted by molar-refractivity contribution is 5.26. The van der Waals surface area contributed by atoms with E-state index in [4.69, 9.17) is 10.5 Å². The number of nitrogens with zero attached hydrogens (tertiary/aromatic N) is 2. The molecule has 0 amide bonds. The maximum absolute atomic E-state index is 5.58. The van der Waals surface area contributed by atoms with Gasteiger partial charge in [-0.3, -0.25) is 0 Å². The first kappa shape index (κ1) is 13.7. The van der Waals surface area contributed by atoms with Crippen molar-refractivity contribution < 1.29 is 4.74 Å². The molecular weight excluding hydrogens is 216 g/mol. The van der Waals surface area contributed by atoms with E-state index < -0.39 is 0 Å². The van der Waals surface area contributed by atoms with Crippen LogP contribution in [0.15, 0.2) is 12.4 Å². The van der Waals surface area contributed by atoms with Gasteiger partial charge in [-0.25, -0.2) is 9.97 Å². The summed E-state index contributed by atoms with van der Waals surface area (Å²) in [6, 6.07) is 0. The Balaban J connectivity index is 2.39. The van der Waals surface area contributed by atoms with E-state index in [2.05, 4.69) is 36.1 Å². The molecule has 0 aromatic carbocycles. The normalized spacial score (nSPS) is 11.3. The van der Waals surface area contributed by atoms with E-state index in [-0.39, 0.29) is 5.41 Å². The second kappa shape index (κ2) is 6.39. The lowest BCUT2D eigenvalue weighted by molar-refractivity contribution is 0.197. The van der Waals surface area contributed by atoms with Gasteiger partial charge in [0.1, 0.15) is 0 Å².